The van der Waals surface area contributed by atoms with Crippen LogP contribution in [-0.2, 0) is 6.42 Å². The number of hydrogen-bond acceptors (Lipinski definition) is 2. The van der Waals surface area contributed by atoms with E-state index in [1.165, 1.54) is 22.2 Å². The van der Waals surface area contributed by atoms with Crippen molar-refractivity contribution < 1.29 is 0 Å². The van der Waals surface area contributed by atoms with Crippen LogP contribution in [-0.4, -0.2) is 12.6 Å². The highest BCUT2D eigenvalue weighted by Gasteiger charge is 2.07. The summed E-state index contributed by atoms with van der Waals surface area (Å²) in [6, 6.07) is 2.74. The minimum atomic E-state index is 0.602. The van der Waals surface area contributed by atoms with E-state index in [2.05, 4.69) is 53.5 Å². The summed E-state index contributed by atoms with van der Waals surface area (Å²) in [5, 5.41) is 5.61. The zero-order chi connectivity index (χ0) is 11.3. The van der Waals surface area contributed by atoms with Crippen LogP contribution < -0.4 is 5.32 Å². The molecule has 0 aliphatic heterocycles. The number of nitrogens with one attached hydrogen (secondary N) is 1. The predicted octanol–water partition coefficient (Wildman–Crippen LogP) is 4.08. The van der Waals surface area contributed by atoms with Crippen LogP contribution >= 0.6 is 27.3 Å². The Labute approximate surface area is 105 Å². The maximum Gasteiger partial charge on any atom is 0.0314 e. The third kappa shape index (κ3) is 5.14. The van der Waals surface area contributed by atoms with Crippen molar-refractivity contribution >= 4 is 27.3 Å². The summed E-state index contributed by atoms with van der Waals surface area (Å²) in [4.78, 5) is 1.48. The molecule has 0 fully saturated rings. The third-order valence-electron chi connectivity index (χ3n) is 2.41. The van der Waals surface area contributed by atoms with Crippen molar-refractivity contribution in [3.05, 3.63) is 20.8 Å². The number of thiophene rings is 1. The van der Waals surface area contributed by atoms with Crippen LogP contribution in [0.2, 0.25) is 0 Å². The van der Waals surface area contributed by atoms with Crippen LogP contribution in [0.25, 0.3) is 0 Å². The lowest BCUT2D eigenvalue weighted by Crippen LogP contribution is -2.25. The van der Waals surface area contributed by atoms with E-state index >= 15 is 0 Å². The van der Waals surface area contributed by atoms with Crippen LogP contribution in [0.3, 0.4) is 0 Å². The monoisotopic (exact) mass is 289 g/mol. The number of halogens is 1. The van der Waals surface area contributed by atoms with Gasteiger partial charge in [0.05, 0.1) is 0 Å². The first-order valence-electron chi connectivity index (χ1n) is 5.55. The first kappa shape index (κ1) is 13.2. The number of rotatable bonds is 6. The molecular formula is C12H20BrNS. The molecule has 0 bridgehead atoms. The lowest BCUT2D eigenvalue weighted by Gasteiger charge is -2.13. The maximum absolute atomic E-state index is 3.58. The van der Waals surface area contributed by atoms with Gasteiger partial charge >= 0.3 is 0 Å². The molecule has 1 atom stereocenters. The standard InChI is InChI=1S/C12H20BrNS/c1-9(2)14-6-4-10(3)8-12-11(13)5-7-15-12/h5,7,9-10,14H,4,6,8H2,1-3H3. The molecule has 0 spiro atoms. The van der Waals surface area contributed by atoms with E-state index in [0.717, 1.165) is 12.5 Å². The van der Waals surface area contributed by atoms with Gasteiger partial charge in [-0.15, -0.1) is 11.3 Å². The Morgan fingerprint density at radius 1 is 1.40 bits per heavy atom. The van der Waals surface area contributed by atoms with Gasteiger partial charge < -0.3 is 5.32 Å². The highest BCUT2D eigenvalue weighted by Crippen LogP contribution is 2.26. The van der Waals surface area contributed by atoms with E-state index in [1.54, 1.807) is 0 Å². The maximum atomic E-state index is 3.58. The summed E-state index contributed by atoms with van der Waals surface area (Å²) in [6.45, 7) is 7.84. The molecule has 86 valence electrons. The number of hydrogen-bond donors (Lipinski definition) is 1. The molecule has 0 aliphatic rings. The predicted molar refractivity (Wildman–Crippen MR) is 72.6 cm³/mol. The average molecular weight is 290 g/mol. The van der Waals surface area contributed by atoms with Crippen molar-refractivity contribution in [1.82, 2.24) is 5.32 Å². The Morgan fingerprint density at radius 3 is 2.67 bits per heavy atom. The van der Waals surface area contributed by atoms with Crippen molar-refractivity contribution in [3.63, 3.8) is 0 Å². The second kappa shape index (κ2) is 6.66. The van der Waals surface area contributed by atoms with Crippen molar-refractivity contribution in [2.24, 2.45) is 5.92 Å². The Balaban J connectivity index is 2.24. The van der Waals surface area contributed by atoms with E-state index in [1.807, 2.05) is 11.3 Å². The molecule has 15 heavy (non-hydrogen) atoms. The van der Waals surface area contributed by atoms with Gasteiger partial charge in [0.1, 0.15) is 0 Å². The summed E-state index contributed by atoms with van der Waals surface area (Å²) in [7, 11) is 0. The van der Waals surface area contributed by atoms with Gasteiger partial charge in [-0.3, -0.25) is 0 Å². The minimum Gasteiger partial charge on any atom is -0.315 e. The zero-order valence-electron chi connectivity index (χ0n) is 9.72. The molecule has 0 aromatic carbocycles. The highest BCUT2D eigenvalue weighted by atomic mass is 79.9. The molecule has 1 rings (SSSR count). The van der Waals surface area contributed by atoms with Crippen LogP contribution in [0.4, 0.5) is 0 Å². The quantitative estimate of drug-likeness (QED) is 0.832. The lowest BCUT2D eigenvalue weighted by atomic mass is 10.0. The first-order valence-corrected chi connectivity index (χ1v) is 7.22. The van der Waals surface area contributed by atoms with E-state index < -0.39 is 0 Å². The molecule has 1 aromatic rings. The van der Waals surface area contributed by atoms with Crippen LogP contribution in [0, 0.1) is 5.92 Å². The van der Waals surface area contributed by atoms with Crippen molar-refractivity contribution in [1.29, 1.82) is 0 Å². The van der Waals surface area contributed by atoms with Crippen molar-refractivity contribution in [2.45, 2.75) is 39.7 Å². The fraction of sp³-hybridized carbons (Fsp3) is 0.667. The molecule has 0 radical (unpaired) electrons. The smallest absolute Gasteiger partial charge is 0.0314 e. The van der Waals surface area contributed by atoms with Gasteiger partial charge in [0.25, 0.3) is 0 Å². The van der Waals surface area contributed by atoms with Crippen molar-refractivity contribution in [2.75, 3.05) is 6.54 Å². The van der Waals surface area contributed by atoms with Crippen LogP contribution in [0.15, 0.2) is 15.9 Å². The molecule has 1 aromatic heterocycles. The molecule has 0 aliphatic carbocycles. The third-order valence-corrected chi connectivity index (χ3v) is 4.36. The molecule has 0 saturated heterocycles. The SMILES string of the molecule is CC(CCNC(C)C)Cc1sccc1Br. The van der Waals surface area contributed by atoms with Gasteiger partial charge in [-0.05, 0) is 52.7 Å². The Morgan fingerprint density at radius 2 is 2.13 bits per heavy atom. The molecule has 1 unspecified atom stereocenters. The summed E-state index contributed by atoms with van der Waals surface area (Å²) in [5.74, 6) is 0.756. The fourth-order valence-electron chi connectivity index (χ4n) is 1.51. The second-order valence-electron chi connectivity index (χ2n) is 4.40. The largest absolute Gasteiger partial charge is 0.315 e. The summed E-state index contributed by atoms with van der Waals surface area (Å²) in [5.41, 5.74) is 0. The topological polar surface area (TPSA) is 12.0 Å². The minimum absolute atomic E-state index is 0.602. The Kier molecular flexibility index (Phi) is 5.87. The Bertz CT molecular complexity index is 283. The molecule has 1 heterocycles. The van der Waals surface area contributed by atoms with E-state index in [9.17, 15) is 0 Å². The fourth-order valence-corrected chi connectivity index (χ4v) is 3.19. The summed E-state index contributed by atoms with van der Waals surface area (Å²) in [6.07, 6.45) is 2.44. The first-order chi connectivity index (χ1) is 7.09. The van der Waals surface area contributed by atoms with Gasteiger partial charge in [0.2, 0.25) is 0 Å². The van der Waals surface area contributed by atoms with E-state index in [4.69, 9.17) is 0 Å². The van der Waals surface area contributed by atoms with Gasteiger partial charge in [-0.1, -0.05) is 20.8 Å². The van der Waals surface area contributed by atoms with Gasteiger partial charge in [0.15, 0.2) is 0 Å². The van der Waals surface area contributed by atoms with Gasteiger partial charge in [-0.2, -0.15) is 0 Å². The Hall–Kier alpha value is 0.140. The van der Waals surface area contributed by atoms with Crippen molar-refractivity contribution in [3.8, 4) is 0 Å². The molecule has 3 heteroatoms. The lowest BCUT2D eigenvalue weighted by molar-refractivity contribution is 0.478. The normalized spacial score (nSPS) is 13.4. The summed E-state index contributed by atoms with van der Waals surface area (Å²) < 4.78 is 1.27. The molecule has 0 saturated carbocycles. The van der Waals surface area contributed by atoms with Gasteiger partial charge in [-0.25, -0.2) is 0 Å². The zero-order valence-corrected chi connectivity index (χ0v) is 12.1. The molecular weight excluding hydrogens is 270 g/mol. The molecule has 0 amide bonds. The average Bonchev–Trinajstić information content (AvgIpc) is 2.51. The molecule has 1 N–H and O–H groups in total. The van der Waals surface area contributed by atoms with E-state index in [-0.39, 0.29) is 0 Å². The second-order valence-corrected chi connectivity index (χ2v) is 6.25. The van der Waals surface area contributed by atoms with Gasteiger partial charge in [0, 0.05) is 15.4 Å². The van der Waals surface area contributed by atoms with Crippen LogP contribution in [0.1, 0.15) is 32.1 Å². The molecule has 1 nitrogen and oxygen atoms in total. The van der Waals surface area contributed by atoms with Crippen LogP contribution in [0.5, 0.6) is 0 Å². The summed E-state index contributed by atoms with van der Waals surface area (Å²) >= 11 is 5.43. The van der Waals surface area contributed by atoms with E-state index in [0.29, 0.717) is 6.04 Å². The highest BCUT2D eigenvalue weighted by molar-refractivity contribution is 9.10.